The molecule has 1 aromatic heterocycles. The van der Waals surface area contributed by atoms with Gasteiger partial charge in [-0.15, -0.1) is 0 Å². The predicted octanol–water partition coefficient (Wildman–Crippen LogP) is 1.96. The Labute approximate surface area is 117 Å². The summed E-state index contributed by atoms with van der Waals surface area (Å²) < 4.78 is 5.45. The lowest BCUT2D eigenvalue weighted by Gasteiger charge is -2.06. The first-order chi connectivity index (χ1) is 9.67. The van der Waals surface area contributed by atoms with Crippen LogP contribution in [0.25, 0.3) is 0 Å². The Morgan fingerprint density at radius 3 is 2.80 bits per heavy atom. The first-order valence-corrected chi connectivity index (χ1v) is 6.50. The van der Waals surface area contributed by atoms with E-state index in [1.165, 1.54) is 0 Å². The lowest BCUT2D eigenvalue weighted by molar-refractivity contribution is -0.116. The third-order valence-electron chi connectivity index (χ3n) is 2.76. The van der Waals surface area contributed by atoms with Crippen molar-refractivity contribution in [1.82, 2.24) is 10.2 Å². The number of carbonyl (C=O) groups is 1. The zero-order valence-corrected chi connectivity index (χ0v) is 11.3. The number of hydrogen-bond donors (Lipinski definition) is 3. The van der Waals surface area contributed by atoms with Crippen LogP contribution in [0.15, 0.2) is 30.3 Å². The van der Waals surface area contributed by atoms with Crippen molar-refractivity contribution in [2.24, 2.45) is 0 Å². The second-order valence-corrected chi connectivity index (χ2v) is 4.35. The van der Waals surface area contributed by atoms with E-state index in [1.54, 1.807) is 24.3 Å². The van der Waals surface area contributed by atoms with Gasteiger partial charge in [-0.1, -0.05) is 6.92 Å². The van der Waals surface area contributed by atoms with Crippen molar-refractivity contribution in [2.75, 3.05) is 17.7 Å². The highest BCUT2D eigenvalue weighted by Gasteiger charge is 2.05. The van der Waals surface area contributed by atoms with Gasteiger partial charge >= 0.3 is 0 Å². The second kappa shape index (κ2) is 6.60. The lowest BCUT2D eigenvalue weighted by atomic mass is 10.3. The number of carbonyl (C=O) groups excluding carboxylic acids is 1. The number of nitrogens with one attached hydrogen (secondary N) is 2. The molecule has 0 aliphatic carbocycles. The molecule has 1 aromatic carbocycles. The highest BCUT2D eigenvalue weighted by molar-refractivity contribution is 5.89. The van der Waals surface area contributed by atoms with Crippen LogP contribution in [0.4, 0.5) is 11.5 Å². The summed E-state index contributed by atoms with van der Waals surface area (Å²) in [4.78, 5) is 11.7. The fourth-order valence-corrected chi connectivity index (χ4v) is 1.64. The van der Waals surface area contributed by atoms with Gasteiger partial charge in [-0.25, -0.2) is 0 Å². The van der Waals surface area contributed by atoms with Crippen molar-refractivity contribution >= 4 is 17.4 Å². The SMILES string of the molecule is CCc1cc(NC(=O)CCOc2ccc(N)cc2)n[nH]1. The van der Waals surface area contributed by atoms with Gasteiger partial charge in [0.15, 0.2) is 5.82 Å². The quantitative estimate of drug-likeness (QED) is 0.702. The molecule has 4 N–H and O–H groups in total. The molecule has 0 atom stereocenters. The molecule has 0 spiro atoms. The van der Waals surface area contributed by atoms with Crippen LogP contribution in [-0.2, 0) is 11.2 Å². The van der Waals surface area contributed by atoms with E-state index in [2.05, 4.69) is 15.5 Å². The van der Waals surface area contributed by atoms with Crippen LogP contribution >= 0.6 is 0 Å². The van der Waals surface area contributed by atoms with Gasteiger partial charge in [0.25, 0.3) is 0 Å². The van der Waals surface area contributed by atoms with E-state index in [0.717, 1.165) is 12.1 Å². The molecule has 2 rings (SSSR count). The van der Waals surface area contributed by atoms with Crippen molar-refractivity contribution in [3.8, 4) is 5.75 Å². The number of aromatic nitrogens is 2. The van der Waals surface area contributed by atoms with E-state index >= 15 is 0 Å². The fraction of sp³-hybridized carbons (Fsp3) is 0.286. The molecule has 0 aliphatic rings. The number of aryl methyl sites for hydroxylation is 1. The number of rotatable bonds is 6. The van der Waals surface area contributed by atoms with Crippen LogP contribution in [0, 0.1) is 0 Å². The normalized spacial score (nSPS) is 10.2. The monoisotopic (exact) mass is 274 g/mol. The lowest BCUT2D eigenvalue weighted by Crippen LogP contribution is -2.15. The summed E-state index contributed by atoms with van der Waals surface area (Å²) in [7, 11) is 0. The maximum absolute atomic E-state index is 11.7. The summed E-state index contributed by atoms with van der Waals surface area (Å²) >= 11 is 0. The molecule has 0 bridgehead atoms. The first-order valence-electron chi connectivity index (χ1n) is 6.50. The van der Waals surface area contributed by atoms with E-state index in [9.17, 15) is 4.79 Å². The number of H-pyrrole nitrogens is 1. The number of amides is 1. The van der Waals surface area contributed by atoms with Gasteiger partial charge < -0.3 is 15.8 Å². The molecule has 1 amide bonds. The molecule has 106 valence electrons. The van der Waals surface area contributed by atoms with E-state index in [1.807, 2.05) is 13.0 Å². The maximum Gasteiger partial charge on any atom is 0.229 e. The molecule has 0 saturated heterocycles. The molecule has 6 nitrogen and oxygen atoms in total. The van der Waals surface area contributed by atoms with E-state index in [-0.39, 0.29) is 12.3 Å². The smallest absolute Gasteiger partial charge is 0.229 e. The van der Waals surface area contributed by atoms with Gasteiger partial charge in [0.2, 0.25) is 5.91 Å². The summed E-state index contributed by atoms with van der Waals surface area (Å²) in [5.74, 6) is 1.11. The van der Waals surface area contributed by atoms with Crippen LogP contribution in [0.3, 0.4) is 0 Å². The Kier molecular flexibility index (Phi) is 4.60. The molecule has 2 aromatic rings. The van der Waals surface area contributed by atoms with Gasteiger partial charge in [-0.2, -0.15) is 5.10 Å². The Hall–Kier alpha value is -2.50. The average Bonchev–Trinajstić information content (AvgIpc) is 2.88. The minimum Gasteiger partial charge on any atom is -0.493 e. The number of nitrogens with two attached hydrogens (primary N) is 1. The maximum atomic E-state index is 11.7. The van der Waals surface area contributed by atoms with Crippen LogP contribution in [0.5, 0.6) is 5.75 Å². The standard InChI is InChI=1S/C14H18N4O2/c1-2-11-9-13(18-17-11)16-14(19)7-8-20-12-5-3-10(15)4-6-12/h3-6,9H,2,7-8,15H2,1H3,(H2,16,17,18,19). The molecular weight excluding hydrogens is 256 g/mol. The van der Waals surface area contributed by atoms with Crippen molar-refractivity contribution < 1.29 is 9.53 Å². The molecule has 0 saturated carbocycles. The highest BCUT2D eigenvalue weighted by atomic mass is 16.5. The number of anilines is 2. The zero-order valence-electron chi connectivity index (χ0n) is 11.3. The Bertz CT molecular complexity index is 563. The summed E-state index contributed by atoms with van der Waals surface area (Å²) in [6, 6.07) is 8.87. The summed E-state index contributed by atoms with van der Waals surface area (Å²) in [5.41, 5.74) is 7.24. The molecule has 0 radical (unpaired) electrons. The second-order valence-electron chi connectivity index (χ2n) is 4.35. The van der Waals surface area contributed by atoms with Crippen molar-refractivity contribution in [3.63, 3.8) is 0 Å². The molecule has 0 aliphatic heterocycles. The van der Waals surface area contributed by atoms with Crippen molar-refractivity contribution in [3.05, 3.63) is 36.0 Å². The largest absolute Gasteiger partial charge is 0.493 e. The number of nitrogens with zero attached hydrogens (tertiary/aromatic N) is 1. The average molecular weight is 274 g/mol. The Morgan fingerprint density at radius 1 is 1.40 bits per heavy atom. The fourth-order valence-electron chi connectivity index (χ4n) is 1.64. The first kappa shape index (κ1) is 13.9. The molecule has 0 fully saturated rings. The number of aromatic amines is 1. The minimum atomic E-state index is -0.130. The van der Waals surface area contributed by atoms with Crippen LogP contribution in [0.2, 0.25) is 0 Å². The Balaban J connectivity index is 1.73. The van der Waals surface area contributed by atoms with Crippen LogP contribution in [-0.4, -0.2) is 22.7 Å². The van der Waals surface area contributed by atoms with Gasteiger partial charge in [0, 0.05) is 17.4 Å². The van der Waals surface area contributed by atoms with E-state index in [4.69, 9.17) is 10.5 Å². The Morgan fingerprint density at radius 2 is 2.15 bits per heavy atom. The van der Waals surface area contributed by atoms with E-state index in [0.29, 0.717) is 23.9 Å². The number of benzene rings is 1. The van der Waals surface area contributed by atoms with Crippen LogP contribution < -0.4 is 15.8 Å². The summed E-state index contributed by atoms with van der Waals surface area (Å²) in [5, 5.41) is 9.54. The molecule has 6 heteroatoms. The van der Waals surface area contributed by atoms with Crippen molar-refractivity contribution in [2.45, 2.75) is 19.8 Å². The van der Waals surface area contributed by atoms with Gasteiger partial charge in [0.1, 0.15) is 5.75 Å². The van der Waals surface area contributed by atoms with Gasteiger partial charge in [0.05, 0.1) is 13.0 Å². The highest BCUT2D eigenvalue weighted by Crippen LogP contribution is 2.13. The van der Waals surface area contributed by atoms with Crippen LogP contribution in [0.1, 0.15) is 19.0 Å². The van der Waals surface area contributed by atoms with E-state index < -0.39 is 0 Å². The topological polar surface area (TPSA) is 93.0 Å². The minimum absolute atomic E-state index is 0.130. The molecule has 0 unspecified atom stereocenters. The molecule has 20 heavy (non-hydrogen) atoms. The summed E-state index contributed by atoms with van der Waals surface area (Å²) in [6.45, 7) is 2.32. The van der Waals surface area contributed by atoms with Gasteiger partial charge in [-0.3, -0.25) is 9.89 Å². The zero-order chi connectivity index (χ0) is 14.4. The predicted molar refractivity (Wildman–Crippen MR) is 77.6 cm³/mol. The number of ether oxygens (including phenoxy) is 1. The third kappa shape index (κ3) is 4.01. The summed E-state index contributed by atoms with van der Waals surface area (Å²) in [6.07, 6.45) is 1.11. The van der Waals surface area contributed by atoms with Crippen molar-refractivity contribution in [1.29, 1.82) is 0 Å². The number of hydrogen-bond acceptors (Lipinski definition) is 4. The third-order valence-corrected chi connectivity index (χ3v) is 2.76. The molecule has 1 heterocycles. The number of nitrogen functional groups attached to an aromatic ring is 1. The van der Waals surface area contributed by atoms with Gasteiger partial charge in [-0.05, 0) is 30.7 Å². The molecular formula is C14H18N4O2.